The number of rotatable bonds is 6. The SMILES string of the molecule is CCN1CCCN(c2ccc3c4c(cccc24)SN3CCCc2ccccc2)CC1. The molecule has 3 nitrogen and oxygen atoms in total. The Balaban J connectivity index is 1.36. The molecule has 5 rings (SSSR count). The van der Waals surface area contributed by atoms with E-state index >= 15 is 0 Å². The monoisotopic (exact) mass is 417 g/mol. The van der Waals surface area contributed by atoms with E-state index in [1.807, 2.05) is 11.9 Å². The summed E-state index contributed by atoms with van der Waals surface area (Å²) in [6, 6.07) is 22.4. The minimum absolute atomic E-state index is 1.08. The summed E-state index contributed by atoms with van der Waals surface area (Å²) in [7, 11) is 0. The zero-order valence-electron chi connectivity index (χ0n) is 17.9. The number of benzene rings is 3. The normalized spacial score (nSPS) is 17.0. The third-order valence-corrected chi connectivity index (χ3v) is 7.62. The lowest BCUT2D eigenvalue weighted by molar-refractivity contribution is 0.310. The Morgan fingerprint density at radius 1 is 0.833 bits per heavy atom. The number of likely N-dealkylation sites (N-methyl/N-ethyl adjacent to an activating group) is 1. The van der Waals surface area contributed by atoms with Gasteiger partial charge >= 0.3 is 0 Å². The molecule has 0 atom stereocenters. The minimum atomic E-state index is 1.08. The fourth-order valence-corrected chi connectivity index (χ4v) is 5.99. The molecule has 2 aliphatic rings. The van der Waals surface area contributed by atoms with Gasteiger partial charge in [0.1, 0.15) is 0 Å². The summed E-state index contributed by atoms with van der Waals surface area (Å²) in [6.45, 7) is 9.19. The molecule has 0 unspecified atom stereocenters. The van der Waals surface area contributed by atoms with Crippen LogP contribution < -0.4 is 9.21 Å². The van der Waals surface area contributed by atoms with E-state index in [1.54, 1.807) is 0 Å². The first kappa shape index (κ1) is 19.8. The first-order chi connectivity index (χ1) is 14.8. The molecule has 3 aromatic carbocycles. The van der Waals surface area contributed by atoms with Crippen molar-refractivity contribution in [2.75, 3.05) is 48.5 Å². The summed E-state index contributed by atoms with van der Waals surface area (Å²) >= 11 is 1.92. The molecule has 3 aromatic rings. The maximum Gasteiger partial charge on any atom is 0.0565 e. The van der Waals surface area contributed by atoms with Crippen molar-refractivity contribution < 1.29 is 0 Å². The lowest BCUT2D eigenvalue weighted by atomic mass is 10.0. The molecular weight excluding hydrogens is 386 g/mol. The molecule has 1 fully saturated rings. The van der Waals surface area contributed by atoms with Gasteiger partial charge in [-0.3, -0.25) is 0 Å². The van der Waals surface area contributed by atoms with Crippen LogP contribution in [0.25, 0.3) is 10.8 Å². The summed E-state index contributed by atoms with van der Waals surface area (Å²) in [4.78, 5) is 6.60. The Labute approximate surface area is 184 Å². The third kappa shape index (κ3) is 3.91. The third-order valence-electron chi connectivity index (χ3n) is 6.48. The molecule has 0 bridgehead atoms. The van der Waals surface area contributed by atoms with Gasteiger partial charge in [0.2, 0.25) is 0 Å². The van der Waals surface area contributed by atoms with Crippen LogP contribution in [-0.2, 0) is 6.42 Å². The second-order valence-electron chi connectivity index (χ2n) is 8.34. The maximum absolute atomic E-state index is 2.61. The van der Waals surface area contributed by atoms with Crippen LogP contribution in [0.2, 0.25) is 0 Å². The summed E-state index contributed by atoms with van der Waals surface area (Å²) in [5.41, 5.74) is 4.25. The van der Waals surface area contributed by atoms with Crippen molar-refractivity contribution in [1.29, 1.82) is 0 Å². The second-order valence-corrected chi connectivity index (χ2v) is 9.40. The highest BCUT2D eigenvalue weighted by molar-refractivity contribution is 8.01. The number of hydrogen-bond acceptors (Lipinski definition) is 4. The second kappa shape index (κ2) is 8.91. The predicted molar refractivity (Wildman–Crippen MR) is 131 cm³/mol. The van der Waals surface area contributed by atoms with Gasteiger partial charge in [0.15, 0.2) is 0 Å². The Morgan fingerprint density at radius 2 is 1.70 bits per heavy atom. The van der Waals surface area contributed by atoms with Gasteiger partial charge in [-0.25, -0.2) is 0 Å². The van der Waals surface area contributed by atoms with Gasteiger partial charge in [0, 0.05) is 47.5 Å². The van der Waals surface area contributed by atoms with E-state index in [4.69, 9.17) is 0 Å². The molecule has 0 amide bonds. The molecule has 0 radical (unpaired) electrons. The van der Waals surface area contributed by atoms with Crippen molar-refractivity contribution in [3.8, 4) is 0 Å². The first-order valence-electron chi connectivity index (χ1n) is 11.4. The Bertz CT molecular complexity index is 1000. The average molecular weight is 418 g/mol. The van der Waals surface area contributed by atoms with Crippen molar-refractivity contribution >= 4 is 34.1 Å². The van der Waals surface area contributed by atoms with Crippen molar-refractivity contribution in [3.63, 3.8) is 0 Å². The highest BCUT2D eigenvalue weighted by Gasteiger charge is 2.25. The molecule has 0 N–H and O–H groups in total. The summed E-state index contributed by atoms with van der Waals surface area (Å²) in [5, 5.41) is 2.88. The predicted octanol–water partition coefficient (Wildman–Crippen LogP) is 5.83. The van der Waals surface area contributed by atoms with E-state index in [9.17, 15) is 0 Å². The van der Waals surface area contributed by atoms with Crippen LogP contribution in [0.4, 0.5) is 11.4 Å². The van der Waals surface area contributed by atoms with Crippen molar-refractivity contribution in [2.45, 2.75) is 31.1 Å². The highest BCUT2D eigenvalue weighted by atomic mass is 32.2. The van der Waals surface area contributed by atoms with Crippen LogP contribution in [-0.4, -0.2) is 44.2 Å². The molecule has 0 spiro atoms. The molecule has 2 heterocycles. The topological polar surface area (TPSA) is 9.72 Å². The quantitative estimate of drug-likeness (QED) is 0.467. The van der Waals surface area contributed by atoms with Crippen LogP contribution in [0, 0.1) is 0 Å². The van der Waals surface area contributed by atoms with E-state index in [2.05, 4.69) is 81.7 Å². The van der Waals surface area contributed by atoms with E-state index < -0.39 is 0 Å². The van der Waals surface area contributed by atoms with E-state index in [-0.39, 0.29) is 0 Å². The number of nitrogens with zero attached hydrogens (tertiary/aromatic N) is 3. The molecule has 0 aromatic heterocycles. The molecule has 1 saturated heterocycles. The van der Waals surface area contributed by atoms with Crippen LogP contribution in [0.15, 0.2) is 65.6 Å². The molecule has 30 heavy (non-hydrogen) atoms. The van der Waals surface area contributed by atoms with Crippen LogP contribution in [0.1, 0.15) is 25.3 Å². The molecule has 0 aliphatic carbocycles. The molecule has 2 aliphatic heterocycles. The lowest BCUT2D eigenvalue weighted by Crippen LogP contribution is -2.30. The van der Waals surface area contributed by atoms with Gasteiger partial charge < -0.3 is 14.1 Å². The molecule has 4 heteroatoms. The Kier molecular flexibility index (Phi) is 5.87. The fourth-order valence-electron chi connectivity index (χ4n) is 4.83. The average Bonchev–Trinajstić information content (AvgIpc) is 2.98. The number of hydrogen-bond donors (Lipinski definition) is 0. The Morgan fingerprint density at radius 3 is 2.57 bits per heavy atom. The van der Waals surface area contributed by atoms with Crippen molar-refractivity contribution in [3.05, 3.63) is 66.2 Å². The first-order valence-corrected chi connectivity index (χ1v) is 12.1. The van der Waals surface area contributed by atoms with Crippen molar-refractivity contribution in [2.24, 2.45) is 0 Å². The summed E-state index contributed by atoms with van der Waals surface area (Å²) in [6.07, 6.45) is 3.56. The van der Waals surface area contributed by atoms with Crippen LogP contribution >= 0.6 is 11.9 Å². The molecular formula is C26H31N3S. The number of aryl methyl sites for hydroxylation is 1. The van der Waals surface area contributed by atoms with Crippen LogP contribution in [0.3, 0.4) is 0 Å². The summed E-state index contributed by atoms with van der Waals surface area (Å²) < 4.78 is 2.51. The molecule has 156 valence electrons. The zero-order valence-corrected chi connectivity index (χ0v) is 18.7. The maximum atomic E-state index is 2.61. The molecule has 0 saturated carbocycles. The van der Waals surface area contributed by atoms with E-state index in [0.29, 0.717) is 0 Å². The summed E-state index contributed by atoms with van der Waals surface area (Å²) in [5.74, 6) is 0. The Hall–Kier alpha value is -2.17. The van der Waals surface area contributed by atoms with Gasteiger partial charge in [-0.2, -0.15) is 0 Å². The van der Waals surface area contributed by atoms with Gasteiger partial charge in [0.25, 0.3) is 0 Å². The fraction of sp³-hybridized carbons (Fsp3) is 0.385. The van der Waals surface area contributed by atoms with Crippen LogP contribution in [0.5, 0.6) is 0 Å². The van der Waals surface area contributed by atoms with Gasteiger partial charge in [0.05, 0.1) is 5.69 Å². The zero-order chi connectivity index (χ0) is 20.3. The van der Waals surface area contributed by atoms with E-state index in [1.165, 1.54) is 58.5 Å². The minimum Gasteiger partial charge on any atom is -0.370 e. The van der Waals surface area contributed by atoms with Gasteiger partial charge in [-0.15, -0.1) is 0 Å². The van der Waals surface area contributed by atoms with E-state index in [0.717, 1.165) is 32.6 Å². The smallest absolute Gasteiger partial charge is 0.0565 e. The van der Waals surface area contributed by atoms with Gasteiger partial charge in [-0.05, 0) is 68.1 Å². The number of anilines is 2. The standard InChI is InChI=1S/C26H31N3S/c1-2-27-16-8-17-28(20-19-27)23-14-15-24-26-22(23)12-6-13-25(26)30-29(24)18-7-11-21-9-4-3-5-10-21/h3-6,9-10,12-15H,2,7-8,11,16-20H2,1H3. The largest absolute Gasteiger partial charge is 0.370 e. The lowest BCUT2D eigenvalue weighted by Gasteiger charge is -2.25. The van der Waals surface area contributed by atoms with Crippen molar-refractivity contribution in [1.82, 2.24) is 4.90 Å². The van der Waals surface area contributed by atoms with Gasteiger partial charge in [-0.1, -0.05) is 49.4 Å². The highest BCUT2D eigenvalue weighted by Crippen LogP contribution is 2.48.